The minimum absolute atomic E-state index is 0.0402. The third-order valence-electron chi connectivity index (χ3n) is 4.08. The maximum absolute atomic E-state index is 12.4. The zero-order chi connectivity index (χ0) is 19.8. The number of carbonyl (C=O) groups excluding carboxylic acids is 3. The number of likely N-dealkylation sites (N-methyl/N-ethyl adjacent to an activating group) is 1. The van der Waals surface area contributed by atoms with Crippen molar-refractivity contribution in [3.05, 3.63) is 53.9 Å². The molecule has 144 valence electrons. The van der Waals surface area contributed by atoms with Crippen molar-refractivity contribution in [2.24, 2.45) is 0 Å². The molecular weight excluding hydrogens is 346 g/mol. The van der Waals surface area contributed by atoms with E-state index in [4.69, 9.17) is 0 Å². The van der Waals surface area contributed by atoms with Crippen LogP contribution in [0.15, 0.2) is 42.7 Å². The molecule has 2 N–H and O–H groups in total. The Hall–Kier alpha value is -3.16. The van der Waals surface area contributed by atoms with E-state index >= 15 is 0 Å². The Bertz CT molecular complexity index is 771. The molecule has 2 aromatic rings. The molecule has 0 radical (unpaired) electrons. The lowest BCUT2D eigenvalue weighted by Crippen LogP contribution is -2.40. The highest BCUT2D eigenvalue weighted by atomic mass is 16.2. The first-order valence-corrected chi connectivity index (χ1v) is 8.80. The average Bonchev–Trinajstić information content (AvgIpc) is 3.20. The number of aromatic nitrogens is 2. The maximum Gasteiger partial charge on any atom is 0.251 e. The molecule has 0 aliphatic rings. The van der Waals surface area contributed by atoms with E-state index in [-0.39, 0.29) is 24.3 Å². The van der Waals surface area contributed by atoms with Gasteiger partial charge in [0.15, 0.2) is 0 Å². The molecule has 0 spiro atoms. The number of carbonyl (C=O) groups is 3. The highest BCUT2D eigenvalue weighted by Crippen LogP contribution is 2.07. The Kier molecular flexibility index (Phi) is 7.10. The van der Waals surface area contributed by atoms with Crippen LogP contribution in [0.3, 0.4) is 0 Å². The minimum Gasteiger partial charge on any atom is -0.352 e. The average molecular weight is 371 g/mol. The molecule has 1 aromatic carbocycles. The predicted octanol–water partition coefficient (Wildman–Crippen LogP) is 0.969. The SMILES string of the molecule is CCNC(=O)c1ccc(CNC(=O)CN(C)C(=O)C(C)n2cccn2)cc1. The molecule has 0 aliphatic heterocycles. The van der Waals surface area contributed by atoms with Crippen molar-refractivity contribution in [1.29, 1.82) is 0 Å². The highest BCUT2D eigenvalue weighted by molar-refractivity contribution is 5.94. The maximum atomic E-state index is 12.4. The summed E-state index contributed by atoms with van der Waals surface area (Å²) in [5.41, 5.74) is 1.44. The van der Waals surface area contributed by atoms with E-state index in [1.54, 1.807) is 61.4 Å². The number of hydrogen-bond donors (Lipinski definition) is 2. The first kappa shape index (κ1) is 20.2. The molecule has 1 unspecified atom stereocenters. The molecule has 1 aromatic heterocycles. The Balaban J connectivity index is 1.81. The summed E-state index contributed by atoms with van der Waals surface area (Å²) >= 11 is 0. The quantitative estimate of drug-likeness (QED) is 0.723. The van der Waals surface area contributed by atoms with E-state index in [9.17, 15) is 14.4 Å². The van der Waals surface area contributed by atoms with Crippen molar-refractivity contribution in [2.45, 2.75) is 26.4 Å². The Morgan fingerprint density at radius 2 is 1.89 bits per heavy atom. The monoisotopic (exact) mass is 371 g/mol. The zero-order valence-electron chi connectivity index (χ0n) is 15.8. The van der Waals surface area contributed by atoms with Gasteiger partial charge in [0.25, 0.3) is 5.91 Å². The second-order valence-electron chi connectivity index (χ2n) is 6.19. The molecule has 27 heavy (non-hydrogen) atoms. The van der Waals surface area contributed by atoms with Gasteiger partial charge in [-0.3, -0.25) is 19.1 Å². The molecule has 2 rings (SSSR count). The minimum atomic E-state index is -0.473. The topological polar surface area (TPSA) is 96.3 Å². The fourth-order valence-electron chi connectivity index (χ4n) is 2.53. The molecule has 8 nitrogen and oxygen atoms in total. The van der Waals surface area contributed by atoms with Crippen LogP contribution < -0.4 is 10.6 Å². The highest BCUT2D eigenvalue weighted by Gasteiger charge is 2.21. The van der Waals surface area contributed by atoms with Crippen molar-refractivity contribution < 1.29 is 14.4 Å². The van der Waals surface area contributed by atoms with Crippen LogP contribution in [-0.2, 0) is 16.1 Å². The molecule has 0 saturated heterocycles. The zero-order valence-corrected chi connectivity index (χ0v) is 15.8. The van der Waals surface area contributed by atoms with Crippen LogP contribution in [0.2, 0.25) is 0 Å². The summed E-state index contributed by atoms with van der Waals surface area (Å²) < 4.78 is 1.55. The molecule has 0 saturated carbocycles. The van der Waals surface area contributed by atoms with E-state index in [1.807, 2.05) is 6.92 Å². The molecule has 3 amide bonds. The molecule has 0 bridgehead atoms. The third-order valence-corrected chi connectivity index (χ3v) is 4.08. The van der Waals surface area contributed by atoms with Gasteiger partial charge in [0.1, 0.15) is 6.04 Å². The van der Waals surface area contributed by atoms with Gasteiger partial charge in [0.2, 0.25) is 11.8 Å². The van der Waals surface area contributed by atoms with Crippen LogP contribution in [0.1, 0.15) is 35.8 Å². The van der Waals surface area contributed by atoms with Gasteiger partial charge >= 0.3 is 0 Å². The fraction of sp³-hybridized carbons (Fsp3) is 0.368. The standard InChI is InChI=1S/C19H25N5O3/c1-4-20-18(26)16-8-6-15(7-9-16)12-21-17(25)13-23(3)19(27)14(2)24-11-5-10-22-24/h5-11,14H,4,12-13H2,1-3H3,(H,20,26)(H,21,25). The van der Waals surface area contributed by atoms with Crippen molar-refractivity contribution >= 4 is 17.7 Å². The van der Waals surface area contributed by atoms with Gasteiger partial charge in [0.05, 0.1) is 6.54 Å². The van der Waals surface area contributed by atoms with E-state index in [2.05, 4.69) is 15.7 Å². The van der Waals surface area contributed by atoms with Crippen LogP contribution in [0.5, 0.6) is 0 Å². The second kappa shape index (κ2) is 9.51. The van der Waals surface area contributed by atoms with E-state index in [0.717, 1.165) is 5.56 Å². The smallest absolute Gasteiger partial charge is 0.251 e. The van der Waals surface area contributed by atoms with Crippen molar-refractivity contribution in [3.63, 3.8) is 0 Å². The van der Waals surface area contributed by atoms with Crippen LogP contribution in [0, 0.1) is 0 Å². The Morgan fingerprint density at radius 1 is 1.19 bits per heavy atom. The molecule has 1 heterocycles. The first-order chi connectivity index (χ1) is 12.9. The molecular formula is C19H25N5O3. The van der Waals surface area contributed by atoms with Crippen molar-refractivity contribution in [3.8, 4) is 0 Å². The lowest BCUT2D eigenvalue weighted by Gasteiger charge is -2.21. The summed E-state index contributed by atoms with van der Waals surface area (Å²) in [7, 11) is 1.59. The van der Waals surface area contributed by atoms with Gasteiger partial charge in [-0.2, -0.15) is 5.10 Å². The lowest BCUT2D eigenvalue weighted by molar-refractivity contribution is -0.137. The fourth-order valence-corrected chi connectivity index (χ4v) is 2.53. The number of amides is 3. The molecule has 0 fully saturated rings. The molecule has 1 atom stereocenters. The number of benzene rings is 1. The number of hydrogen-bond acceptors (Lipinski definition) is 4. The van der Waals surface area contributed by atoms with Crippen molar-refractivity contribution in [1.82, 2.24) is 25.3 Å². The number of rotatable bonds is 8. The summed E-state index contributed by atoms with van der Waals surface area (Å²) in [6, 6.07) is 8.29. The second-order valence-corrected chi connectivity index (χ2v) is 6.19. The van der Waals surface area contributed by atoms with E-state index in [0.29, 0.717) is 18.7 Å². The Labute approximate surface area is 158 Å². The van der Waals surface area contributed by atoms with Crippen LogP contribution >= 0.6 is 0 Å². The summed E-state index contributed by atoms with van der Waals surface area (Å²) in [6.07, 6.45) is 3.31. The summed E-state index contributed by atoms with van der Waals surface area (Å²) in [5.74, 6) is -0.578. The van der Waals surface area contributed by atoms with Gasteiger partial charge in [-0.25, -0.2) is 0 Å². The lowest BCUT2D eigenvalue weighted by atomic mass is 10.1. The van der Waals surface area contributed by atoms with Gasteiger partial charge < -0.3 is 15.5 Å². The number of nitrogens with zero attached hydrogens (tertiary/aromatic N) is 3. The molecule has 0 aliphatic carbocycles. The van der Waals surface area contributed by atoms with Crippen LogP contribution in [0.4, 0.5) is 0 Å². The molecule has 8 heteroatoms. The van der Waals surface area contributed by atoms with Gasteiger partial charge in [-0.1, -0.05) is 12.1 Å². The Morgan fingerprint density at radius 3 is 2.48 bits per heavy atom. The van der Waals surface area contributed by atoms with Crippen LogP contribution in [0.25, 0.3) is 0 Å². The van der Waals surface area contributed by atoms with Gasteiger partial charge in [-0.15, -0.1) is 0 Å². The summed E-state index contributed by atoms with van der Waals surface area (Å²) in [6.45, 7) is 4.45. The van der Waals surface area contributed by atoms with Gasteiger partial charge in [0, 0.05) is 38.1 Å². The third kappa shape index (κ3) is 5.67. The first-order valence-electron chi connectivity index (χ1n) is 8.80. The summed E-state index contributed by atoms with van der Waals surface area (Å²) in [5, 5.41) is 9.55. The number of nitrogens with one attached hydrogen (secondary N) is 2. The normalized spacial score (nSPS) is 11.5. The van der Waals surface area contributed by atoms with Crippen LogP contribution in [-0.4, -0.2) is 52.5 Å². The van der Waals surface area contributed by atoms with Crippen molar-refractivity contribution in [2.75, 3.05) is 20.1 Å². The summed E-state index contributed by atoms with van der Waals surface area (Å²) in [4.78, 5) is 37.6. The van der Waals surface area contributed by atoms with E-state index < -0.39 is 6.04 Å². The largest absolute Gasteiger partial charge is 0.352 e. The predicted molar refractivity (Wildman–Crippen MR) is 101 cm³/mol. The van der Waals surface area contributed by atoms with E-state index in [1.165, 1.54) is 4.90 Å². The van der Waals surface area contributed by atoms with Gasteiger partial charge in [-0.05, 0) is 37.6 Å².